The van der Waals surface area contributed by atoms with E-state index in [1.54, 1.807) is 31.2 Å². The Kier molecular flexibility index (Phi) is 8.88. The Morgan fingerprint density at radius 3 is 2.74 bits per heavy atom. The minimum absolute atomic E-state index is 0.391. The van der Waals surface area contributed by atoms with Gasteiger partial charge in [0.15, 0.2) is 11.5 Å². The second kappa shape index (κ2) is 12.3. The third-order valence-corrected chi connectivity index (χ3v) is 5.03. The van der Waals surface area contributed by atoms with Crippen LogP contribution in [0.5, 0.6) is 11.5 Å². The van der Waals surface area contributed by atoms with Crippen LogP contribution in [0, 0.1) is 6.92 Å². The Hall–Kier alpha value is -4.04. The number of hydrogen-bond acceptors (Lipinski definition) is 7. The molecule has 0 bridgehead atoms. The number of aromatic nitrogens is 2. The van der Waals surface area contributed by atoms with Crippen molar-refractivity contribution in [1.82, 2.24) is 9.78 Å². The van der Waals surface area contributed by atoms with Gasteiger partial charge in [0.05, 0.1) is 31.1 Å². The van der Waals surface area contributed by atoms with Gasteiger partial charge in [-0.2, -0.15) is 5.10 Å². The molecule has 0 unspecified atom stereocenters. The molecule has 0 amide bonds. The fraction of sp³-hybridized carbons (Fsp3) is 0.231. The van der Waals surface area contributed by atoms with E-state index in [0.717, 1.165) is 22.9 Å². The highest BCUT2D eigenvalue weighted by Gasteiger charge is 2.17. The second-order valence-corrected chi connectivity index (χ2v) is 7.44. The molecule has 1 aromatic heterocycles. The summed E-state index contributed by atoms with van der Waals surface area (Å²) in [6, 6.07) is 9.65. The number of hydrogen-bond donors (Lipinski definition) is 2. The van der Waals surface area contributed by atoms with E-state index in [0.29, 0.717) is 41.7 Å². The number of benzene rings is 2. The van der Waals surface area contributed by atoms with Crippen LogP contribution in [0.2, 0.25) is 0 Å². The fourth-order valence-corrected chi connectivity index (χ4v) is 3.36. The Labute approximate surface area is 199 Å². The van der Waals surface area contributed by atoms with E-state index in [-0.39, 0.29) is 0 Å². The number of anilines is 1. The maximum Gasteiger partial charge on any atom is 0.162 e. The smallest absolute Gasteiger partial charge is 0.162 e. The minimum Gasteiger partial charge on any atom is -0.493 e. The zero-order valence-electron chi connectivity index (χ0n) is 19.8. The largest absolute Gasteiger partial charge is 0.493 e. The lowest BCUT2D eigenvalue weighted by atomic mass is 10.1. The molecular weight excluding hydrogens is 430 g/mol. The maximum absolute atomic E-state index is 6.27. The summed E-state index contributed by atoms with van der Waals surface area (Å²) < 4.78 is 18.0. The average Bonchev–Trinajstić information content (AvgIpc) is 3.03. The number of nitrogen functional groups attached to an aromatic ring is 1. The van der Waals surface area contributed by atoms with Crippen LogP contribution < -0.4 is 20.9 Å². The molecule has 0 aliphatic carbocycles. The first kappa shape index (κ1) is 24.6. The van der Waals surface area contributed by atoms with E-state index in [1.165, 1.54) is 6.20 Å². The summed E-state index contributed by atoms with van der Waals surface area (Å²) >= 11 is 0. The van der Waals surface area contributed by atoms with Crippen LogP contribution in [0.4, 0.5) is 5.69 Å². The predicted molar refractivity (Wildman–Crippen MR) is 138 cm³/mol. The zero-order valence-corrected chi connectivity index (χ0v) is 19.8. The SMILES string of the molecule is C1=CCC=NC=C1.COCCOc1cc(/C(=C\N)n2ncc3cc(C)ccc32)c(N)cc1OC. The van der Waals surface area contributed by atoms with Gasteiger partial charge in [0, 0.05) is 54.8 Å². The number of ether oxygens (including phenoxy) is 3. The lowest BCUT2D eigenvalue weighted by Crippen LogP contribution is -2.09. The van der Waals surface area contributed by atoms with Crippen molar-refractivity contribution in [3.63, 3.8) is 0 Å². The predicted octanol–water partition coefficient (Wildman–Crippen LogP) is 4.30. The van der Waals surface area contributed by atoms with Crippen molar-refractivity contribution in [2.45, 2.75) is 13.3 Å². The Morgan fingerprint density at radius 2 is 1.97 bits per heavy atom. The van der Waals surface area contributed by atoms with Crippen LogP contribution >= 0.6 is 0 Å². The molecule has 8 heteroatoms. The van der Waals surface area contributed by atoms with E-state index in [9.17, 15) is 0 Å². The molecule has 178 valence electrons. The highest BCUT2D eigenvalue weighted by atomic mass is 16.5. The van der Waals surface area contributed by atoms with Gasteiger partial charge < -0.3 is 25.7 Å². The van der Waals surface area contributed by atoms with Gasteiger partial charge in [-0.15, -0.1) is 0 Å². The van der Waals surface area contributed by atoms with Crippen molar-refractivity contribution in [2.24, 2.45) is 10.7 Å². The molecule has 2 heterocycles. The van der Waals surface area contributed by atoms with Crippen LogP contribution in [-0.4, -0.2) is 43.4 Å². The molecule has 0 fully saturated rings. The van der Waals surface area contributed by atoms with Gasteiger partial charge in [0.2, 0.25) is 0 Å². The van der Waals surface area contributed by atoms with Crippen molar-refractivity contribution in [1.29, 1.82) is 0 Å². The van der Waals surface area contributed by atoms with Crippen molar-refractivity contribution in [2.75, 3.05) is 33.2 Å². The van der Waals surface area contributed by atoms with Crippen molar-refractivity contribution in [3.8, 4) is 11.5 Å². The van der Waals surface area contributed by atoms with Crippen LogP contribution in [0.15, 0.2) is 72.1 Å². The molecule has 0 saturated heterocycles. The number of aliphatic imine (C=N–C) groups is 1. The summed E-state index contributed by atoms with van der Waals surface area (Å²) in [4.78, 5) is 3.90. The standard InChI is InChI=1S/C20H24N4O3.C6H7N/c1-13-4-5-17-14(8-13)12-23-24(17)18(11-21)15-9-20(27-7-6-25-2)19(26-3)10-16(15)22;1-2-4-6-7-5-3-1/h4-5,8-12H,6-7,21-22H2,1-3H3;1-3,5-6H,4H2/b18-11+;. The van der Waals surface area contributed by atoms with E-state index < -0.39 is 0 Å². The van der Waals surface area contributed by atoms with Gasteiger partial charge in [-0.25, -0.2) is 4.68 Å². The third kappa shape index (κ3) is 6.05. The topological polar surface area (TPSA) is 110 Å². The van der Waals surface area contributed by atoms with E-state index in [4.69, 9.17) is 25.7 Å². The molecular formula is C26H31N5O3. The summed E-state index contributed by atoms with van der Waals surface area (Å²) in [6.45, 7) is 2.90. The Morgan fingerprint density at radius 1 is 1.12 bits per heavy atom. The summed E-state index contributed by atoms with van der Waals surface area (Å²) in [6.07, 6.45) is 13.9. The third-order valence-electron chi connectivity index (χ3n) is 5.03. The summed E-state index contributed by atoms with van der Waals surface area (Å²) in [5, 5.41) is 5.52. The highest BCUT2D eigenvalue weighted by Crippen LogP contribution is 2.36. The molecule has 0 saturated carbocycles. The van der Waals surface area contributed by atoms with Crippen LogP contribution in [0.25, 0.3) is 16.6 Å². The monoisotopic (exact) mass is 461 g/mol. The van der Waals surface area contributed by atoms with Gasteiger partial charge in [-0.1, -0.05) is 23.8 Å². The number of nitrogens with zero attached hydrogens (tertiary/aromatic N) is 3. The number of nitrogens with two attached hydrogens (primary N) is 2. The van der Waals surface area contributed by atoms with E-state index >= 15 is 0 Å². The number of allylic oxidation sites excluding steroid dienone is 3. The molecule has 3 aromatic rings. The molecule has 4 rings (SSSR count). The van der Waals surface area contributed by atoms with Crippen molar-refractivity contribution >= 4 is 28.5 Å². The van der Waals surface area contributed by atoms with E-state index in [1.807, 2.05) is 49.7 Å². The molecule has 4 N–H and O–H groups in total. The van der Waals surface area contributed by atoms with Crippen LogP contribution in [-0.2, 0) is 4.74 Å². The van der Waals surface area contributed by atoms with Crippen molar-refractivity contribution < 1.29 is 14.2 Å². The lowest BCUT2D eigenvalue weighted by Gasteiger charge is -2.16. The van der Waals surface area contributed by atoms with Gasteiger partial charge in [-0.3, -0.25) is 4.99 Å². The minimum atomic E-state index is 0.391. The first-order valence-electron chi connectivity index (χ1n) is 10.9. The van der Waals surface area contributed by atoms with Crippen LogP contribution in [0.1, 0.15) is 17.5 Å². The highest BCUT2D eigenvalue weighted by molar-refractivity contribution is 5.87. The normalized spacial score (nSPS) is 12.9. The van der Waals surface area contributed by atoms with Gasteiger partial charge >= 0.3 is 0 Å². The average molecular weight is 462 g/mol. The first-order chi connectivity index (χ1) is 16.6. The fourth-order valence-electron chi connectivity index (χ4n) is 3.36. The maximum atomic E-state index is 6.27. The number of fused-ring (bicyclic) bond motifs is 1. The van der Waals surface area contributed by atoms with Crippen molar-refractivity contribution in [3.05, 3.63) is 78.3 Å². The Balaban J connectivity index is 0.000000396. The molecule has 0 atom stereocenters. The van der Waals surface area contributed by atoms with Crippen LogP contribution in [0.3, 0.4) is 0 Å². The molecule has 0 spiro atoms. The summed E-state index contributed by atoms with van der Waals surface area (Å²) in [7, 11) is 3.19. The number of methoxy groups -OCH3 is 2. The molecule has 1 aliphatic heterocycles. The molecule has 2 aromatic carbocycles. The van der Waals surface area contributed by atoms with Gasteiger partial charge in [-0.05, 0) is 31.2 Å². The second-order valence-electron chi connectivity index (χ2n) is 7.44. The first-order valence-corrected chi connectivity index (χ1v) is 10.9. The van der Waals surface area contributed by atoms with Gasteiger partial charge in [0.1, 0.15) is 6.61 Å². The summed E-state index contributed by atoms with van der Waals surface area (Å²) in [5.41, 5.74) is 16.2. The molecule has 34 heavy (non-hydrogen) atoms. The van der Waals surface area contributed by atoms with Gasteiger partial charge in [0.25, 0.3) is 0 Å². The van der Waals surface area contributed by atoms with E-state index in [2.05, 4.69) is 22.2 Å². The Bertz CT molecular complexity index is 1210. The lowest BCUT2D eigenvalue weighted by molar-refractivity contribution is 0.144. The molecule has 1 aliphatic rings. The zero-order chi connectivity index (χ0) is 24.3. The number of aryl methyl sites for hydroxylation is 1. The molecule has 0 radical (unpaired) electrons. The quantitative estimate of drug-likeness (QED) is 0.401. The number of rotatable bonds is 7. The summed E-state index contributed by atoms with van der Waals surface area (Å²) in [5.74, 6) is 1.11. The molecule has 8 nitrogen and oxygen atoms in total.